The molecule has 0 unspecified atom stereocenters. The normalized spacial score (nSPS) is 11.0. The lowest BCUT2D eigenvalue weighted by atomic mass is 10.0. The largest absolute Gasteiger partial charge is 0.340 e. The Morgan fingerprint density at radius 3 is 2.76 bits per heavy atom. The summed E-state index contributed by atoms with van der Waals surface area (Å²) in [5.41, 5.74) is 3.64. The predicted octanol–water partition coefficient (Wildman–Crippen LogP) is 1.47. The van der Waals surface area contributed by atoms with Crippen LogP contribution in [0.25, 0.3) is 11.0 Å². The number of carbonyl (C=O) groups excluding carboxylic acids is 1. The molecule has 3 rings (SSSR count). The molecule has 7 nitrogen and oxygen atoms in total. The molecule has 0 saturated carbocycles. The quantitative estimate of drug-likeness (QED) is 0.780. The Morgan fingerprint density at radius 1 is 1.32 bits per heavy atom. The van der Waals surface area contributed by atoms with Crippen LogP contribution in [0.15, 0.2) is 29.2 Å². The van der Waals surface area contributed by atoms with E-state index in [9.17, 15) is 9.59 Å². The van der Waals surface area contributed by atoms with E-state index in [2.05, 4.69) is 15.1 Å². The number of nitrogens with one attached hydrogen (secondary N) is 1. The lowest BCUT2D eigenvalue weighted by Crippen LogP contribution is -2.28. The van der Waals surface area contributed by atoms with Gasteiger partial charge in [-0.2, -0.15) is 0 Å². The van der Waals surface area contributed by atoms with E-state index in [1.165, 1.54) is 0 Å². The van der Waals surface area contributed by atoms with E-state index in [1.807, 2.05) is 32.0 Å². The third-order valence-electron chi connectivity index (χ3n) is 4.45. The fourth-order valence-electron chi connectivity index (χ4n) is 3.02. The molecule has 0 aliphatic carbocycles. The molecule has 0 aromatic carbocycles. The van der Waals surface area contributed by atoms with Crippen molar-refractivity contribution in [2.45, 2.75) is 26.8 Å². The van der Waals surface area contributed by atoms with Gasteiger partial charge >= 0.3 is 0 Å². The first-order chi connectivity index (χ1) is 11.9. The highest BCUT2D eigenvalue weighted by Gasteiger charge is 2.19. The van der Waals surface area contributed by atoms with Crippen LogP contribution in [0, 0.1) is 13.8 Å². The number of rotatable bonds is 4. The summed E-state index contributed by atoms with van der Waals surface area (Å²) < 4.78 is 1.61. The van der Waals surface area contributed by atoms with Gasteiger partial charge in [0.1, 0.15) is 0 Å². The van der Waals surface area contributed by atoms with Crippen molar-refractivity contribution >= 4 is 16.9 Å². The van der Waals surface area contributed by atoms with Crippen LogP contribution in [-0.2, 0) is 24.8 Å². The number of nitrogens with zero attached hydrogens (tertiary/aromatic N) is 4. The summed E-state index contributed by atoms with van der Waals surface area (Å²) in [4.78, 5) is 35.1. The third-order valence-corrected chi connectivity index (χ3v) is 4.45. The monoisotopic (exact) mass is 339 g/mol. The van der Waals surface area contributed by atoms with Gasteiger partial charge in [0.05, 0.1) is 24.0 Å². The van der Waals surface area contributed by atoms with E-state index in [4.69, 9.17) is 0 Å². The Balaban J connectivity index is 1.88. The van der Waals surface area contributed by atoms with Crippen LogP contribution < -0.4 is 5.56 Å². The number of pyridine rings is 2. The number of amides is 1. The van der Waals surface area contributed by atoms with Gasteiger partial charge in [-0.1, -0.05) is 6.07 Å². The first-order valence-electron chi connectivity index (χ1n) is 8.07. The van der Waals surface area contributed by atoms with E-state index >= 15 is 0 Å². The zero-order valence-corrected chi connectivity index (χ0v) is 14.8. The molecule has 3 aromatic rings. The fourth-order valence-corrected chi connectivity index (χ4v) is 3.02. The van der Waals surface area contributed by atoms with Gasteiger partial charge < -0.3 is 4.90 Å². The van der Waals surface area contributed by atoms with Crippen LogP contribution in [0.5, 0.6) is 0 Å². The number of hydrogen-bond acceptors (Lipinski definition) is 4. The highest BCUT2D eigenvalue weighted by atomic mass is 16.2. The van der Waals surface area contributed by atoms with Crippen molar-refractivity contribution in [3.8, 4) is 0 Å². The Bertz CT molecular complexity index is 988. The van der Waals surface area contributed by atoms with Gasteiger partial charge in [0.2, 0.25) is 5.91 Å². The molecule has 0 spiro atoms. The van der Waals surface area contributed by atoms with Gasteiger partial charge in [-0.15, -0.1) is 0 Å². The van der Waals surface area contributed by atoms with Crippen LogP contribution in [0.1, 0.15) is 22.5 Å². The molecule has 130 valence electrons. The number of likely N-dealkylation sites (N-methyl/N-ethyl adjacent to an activating group) is 1. The molecule has 25 heavy (non-hydrogen) atoms. The van der Waals surface area contributed by atoms with Crippen molar-refractivity contribution in [2.75, 3.05) is 7.05 Å². The van der Waals surface area contributed by atoms with E-state index in [-0.39, 0.29) is 17.9 Å². The molecule has 3 heterocycles. The van der Waals surface area contributed by atoms with Crippen molar-refractivity contribution < 1.29 is 4.79 Å². The number of hydrogen-bond donors (Lipinski definition) is 1. The van der Waals surface area contributed by atoms with Crippen molar-refractivity contribution in [1.29, 1.82) is 0 Å². The SMILES string of the molecule is Cc1nc2c(c(C)c1CC(=O)N(C)Cc1ccccn1)c(=O)[nH]n2C. The van der Waals surface area contributed by atoms with Gasteiger partial charge in [-0.25, -0.2) is 4.98 Å². The standard InChI is InChI=1S/C18H21N5O2/c1-11-14(12(2)20-17-16(11)18(25)21-23(17)4)9-15(24)22(3)10-13-7-5-6-8-19-13/h5-8H,9-10H2,1-4H3,(H,21,25). The number of carbonyl (C=O) groups is 1. The van der Waals surface area contributed by atoms with Crippen LogP contribution in [0.2, 0.25) is 0 Å². The first-order valence-corrected chi connectivity index (χ1v) is 8.07. The van der Waals surface area contributed by atoms with Crippen LogP contribution >= 0.6 is 0 Å². The van der Waals surface area contributed by atoms with Crippen molar-refractivity contribution in [1.82, 2.24) is 24.6 Å². The molecule has 3 aromatic heterocycles. The average molecular weight is 339 g/mol. The molecule has 1 N–H and O–H groups in total. The highest BCUT2D eigenvalue weighted by molar-refractivity contribution is 5.84. The fraction of sp³-hybridized carbons (Fsp3) is 0.333. The lowest BCUT2D eigenvalue weighted by Gasteiger charge is -2.18. The number of H-pyrrole nitrogens is 1. The van der Waals surface area contributed by atoms with E-state index in [1.54, 1.807) is 29.9 Å². The molecular formula is C18H21N5O2. The molecule has 1 amide bonds. The van der Waals surface area contributed by atoms with Crippen molar-refractivity contribution in [3.05, 3.63) is 57.3 Å². The second-order valence-corrected chi connectivity index (χ2v) is 6.25. The zero-order chi connectivity index (χ0) is 18.1. The minimum atomic E-state index is -0.182. The van der Waals surface area contributed by atoms with Gasteiger partial charge in [0, 0.05) is 26.0 Å². The maximum atomic E-state index is 12.6. The summed E-state index contributed by atoms with van der Waals surface area (Å²) >= 11 is 0. The molecule has 0 fully saturated rings. The maximum Gasteiger partial charge on any atom is 0.273 e. The van der Waals surface area contributed by atoms with E-state index < -0.39 is 0 Å². The van der Waals surface area contributed by atoms with Gasteiger partial charge in [0.25, 0.3) is 5.56 Å². The summed E-state index contributed by atoms with van der Waals surface area (Å²) in [6.07, 6.45) is 1.92. The van der Waals surface area contributed by atoms with Crippen LogP contribution in [0.3, 0.4) is 0 Å². The molecule has 0 aliphatic rings. The smallest absolute Gasteiger partial charge is 0.273 e. The van der Waals surface area contributed by atoms with Crippen LogP contribution in [0.4, 0.5) is 0 Å². The Labute approximate surface area is 145 Å². The molecule has 7 heteroatoms. The lowest BCUT2D eigenvalue weighted by molar-refractivity contribution is -0.129. The topological polar surface area (TPSA) is 83.9 Å². The molecule has 0 bridgehead atoms. The average Bonchev–Trinajstić information content (AvgIpc) is 2.86. The zero-order valence-electron chi connectivity index (χ0n) is 14.8. The van der Waals surface area contributed by atoms with Gasteiger partial charge in [-0.05, 0) is 37.1 Å². The minimum absolute atomic E-state index is 0.0367. The molecule has 0 atom stereocenters. The number of fused-ring (bicyclic) bond motifs is 1. The number of aryl methyl sites for hydroxylation is 3. The third kappa shape index (κ3) is 3.17. The van der Waals surface area contributed by atoms with Crippen LogP contribution in [-0.4, -0.2) is 37.6 Å². The summed E-state index contributed by atoms with van der Waals surface area (Å²) in [6, 6.07) is 5.63. The van der Waals surface area contributed by atoms with Crippen molar-refractivity contribution in [2.24, 2.45) is 7.05 Å². The minimum Gasteiger partial charge on any atom is -0.340 e. The summed E-state index contributed by atoms with van der Waals surface area (Å²) in [5.74, 6) is -0.0367. The summed E-state index contributed by atoms with van der Waals surface area (Å²) in [5, 5.41) is 3.26. The Hall–Kier alpha value is -2.96. The van der Waals surface area contributed by atoms with Crippen molar-refractivity contribution in [3.63, 3.8) is 0 Å². The van der Waals surface area contributed by atoms with E-state index in [0.717, 1.165) is 22.5 Å². The molecule has 0 saturated heterocycles. The maximum absolute atomic E-state index is 12.6. The number of aromatic amines is 1. The summed E-state index contributed by atoms with van der Waals surface area (Å²) in [7, 11) is 3.50. The predicted molar refractivity (Wildman–Crippen MR) is 95.2 cm³/mol. The number of aromatic nitrogens is 4. The molecular weight excluding hydrogens is 318 g/mol. The Morgan fingerprint density at radius 2 is 2.08 bits per heavy atom. The second-order valence-electron chi connectivity index (χ2n) is 6.25. The van der Waals surface area contributed by atoms with Gasteiger partial charge in [0.15, 0.2) is 5.65 Å². The summed E-state index contributed by atoms with van der Waals surface area (Å²) in [6.45, 7) is 4.18. The molecule has 0 radical (unpaired) electrons. The second kappa shape index (κ2) is 6.51. The Kier molecular flexibility index (Phi) is 4.39. The van der Waals surface area contributed by atoms with Gasteiger partial charge in [-0.3, -0.25) is 24.4 Å². The molecule has 0 aliphatic heterocycles. The van der Waals surface area contributed by atoms with E-state index in [0.29, 0.717) is 17.6 Å². The highest BCUT2D eigenvalue weighted by Crippen LogP contribution is 2.20. The first kappa shape index (κ1) is 16.9.